The van der Waals surface area contributed by atoms with Gasteiger partial charge in [0.15, 0.2) is 0 Å². The van der Waals surface area contributed by atoms with Crippen LogP contribution in [0.25, 0.3) is 76.5 Å². The molecule has 8 rings (SSSR count). The van der Waals surface area contributed by atoms with Gasteiger partial charge in [0.2, 0.25) is 0 Å². The van der Waals surface area contributed by atoms with Crippen molar-refractivity contribution in [1.29, 1.82) is 0 Å². The van der Waals surface area contributed by atoms with Crippen molar-refractivity contribution in [3.05, 3.63) is 158 Å². The largest absolute Gasteiger partial charge is 0.0629 e. The molecule has 0 bridgehead atoms. The third kappa shape index (κ3) is 3.54. The molecule has 0 aromatic heterocycles. The first kappa shape index (κ1) is 15.4. The highest BCUT2D eigenvalue weighted by molar-refractivity contribution is 6.24. The fraction of sp³-hybridized carbons (Fsp3) is 0. The number of fused-ring (bicyclic) bond motifs is 4. The second-order valence-electron chi connectivity index (χ2n) is 9.81. The van der Waals surface area contributed by atoms with E-state index < -0.39 is 6.04 Å². The first-order valence-corrected chi connectivity index (χ1v) is 13.1. The number of hydrogen-bond donors (Lipinski definition) is 0. The van der Waals surface area contributed by atoms with E-state index in [1.807, 2.05) is 84.9 Å². The second kappa shape index (κ2) is 9.22. The highest BCUT2D eigenvalue weighted by Gasteiger charge is 2.18. The molecule has 0 heteroatoms. The van der Waals surface area contributed by atoms with Crippen molar-refractivity contribution < 1.29 is 12.3 Å². The van der Waals surface area contributed by atoms with Crippen molar-refractivity contribution in [3.63, 3.8) is 0 Å². The van der Waals surface area contributed by atoms with Gasteiger partial charge in [-0.15, -0.1) is 0 Å². The standard InChI is InChI=1S/C40H26/c1-2-13-28(14-3-1)39-35-16-6-8-18-37(35)40(38-19-9-7-17-36(38)39)34-23-11-21-32-31(20-10-22-33(32)34)30-25-24-27-12-4-5-15-29(27)26-30/h1-26H/i1D,2D,3D,4D,5D,12D,13D,14D,15D. The topological polar surface area (TPSA) is 0 Å². The molecule has 0 unspecified atom stereocenters. The van der Waals surface area contributed by atoms with E-state index in [2.05, 4.69) is 12.1 Å². The van der Waals surface area contributed by atoms with E-state index in [4.69, 9.17) is 12.3 Å². The predicted molar refractivity (Wildman–Crippen MR) is 173 cm³/mol. The summed E-state index contributed by atoms with van der Waals surface area (Å²) in [7, 11) is 0. The van der Waals surface area contributed by atoms with Crippen molar-refractivity contribution in [2.75, 3.05) is 0 Å². The maximum Gasteiger partial charge on any atom is 0.0629 e. The molecular formula is C40H26. The average Bonchev–Trinajstić information content (AvgIpc) is 3.13. The highest BCUT2D eigenvalue weighted by Crippen LogP contribution is 2.46. The van der Waals surface area contributed by atoms with E-state index in [-0.39, 0.29) is 53.9 Å². The van der Waals surface area contributed by atoms with Crippen molar-refractivity contribution in [3.8, 4) is 33.4 Å². The Bertz CT molecular complexity index is 2630. The lowest BCUT2D eigenvalue weighted by atomic mass is 9.84. The van der Waals surface area contributed by atoms with Crippen LogP contribution in [0.1, 0.15) is 12.3 Å². The molecule has 0 atom stereocenters. The SMILES string of the molecule is [2H]c1c([2H])c([2H])c(-c2c3ccccc3c(-c3cccc4c(-c5ccc6c([2H])c([2H])c([2H])c([2H])c6c5)cccc34)c3ccccc23)c([2H])c1[2H]. The summed E-state index contributed by atoms with van der Waals surface area (Å²) in [6.07, 6.45) is 0. The smallest absolute Gasteiger partial charge is 0.0622 e. The fourth-order valence-electron chi connectivity index (χ4n) is 5.96. The van der Waals surface area contributed by atoms with Crippen LogP contribution in [0.15, 0.2) is 158 Å². The molecule has 0 saturated carbocycles. The van der Waals surface area contributed by atoms with Crippen LogP contribution >= 0.6 is 0 Å². The molecule has 0 radical (unpaired) electrons. The van der Waals surface area contributed by atoms with Crippen LogP contribution in [0, 0.1) is 0 Å². The first-order valence-electron chi connectivity index (χ1n) is 17.6. The Balaban J connectivity index is 1.44. The minimum Gasteiger partial charge on any atom is -0.0622 e. The number of rotatable bonds is 3. The molecule has 0 nitrogen and oxygen atoms in total. The molecular weight excluding hydrogens is 480 g/mol. The van der Waals surface area contributed by atoms with Gasteiger partial charge in [0.05, 0.1) is 12.3 Å². The number of benzene rings is 8. The predicted octanol–water partition coefficient (Wildman–Crippen LogP) is 11.3. The summed E-state index contributed by atoms with van der Waals surface area (Å²) < 4.78 is 75.9. The van der Waals surface area contributed by atoms with Gasteiger partial charge in [-0.25, -0.2) is 0 Å². The third-order valence-electron chi connectivity index (χ3n) is 7.66. The molecule has 8 aromatic carbocycles. The Hall–Kier alpha value is -5.20. The molecule has 0 aliphatic carbocycles. The summed E-state index contributed by atoms with van der Waals surface area (Å²) in [5, 5.41) is 6.15. The maximum atomic E-state index is 8.84. The van der Waals surface area contributed by atoms with Crippen LogP contribution in [0.2, 0.25) is 0 Å². The third-order valence-corrected chi connectivity index (χ3v) is 7.66. The van der Waals surface area contributed by atoms with Crippen LogP contribution in [0.4, 0.5) is 0 Å². The molecule has 0 amide bonds. The Labute approximate surface area is 246 Å². The van der Waals surface area contributed by atoms with E-state index in [1.54, 1.807) is 6.07 Å². The van der Waals surface area contributed by atoms with E-state index in [1.165, 1.54) is 0 Å². The Kier molecular flexibility index (Phi) is 3.55. The molecule has 0 fully saturated rings. The molecule has 0 aliphatic rings. The maximum absolute atomic E-state index is 8.84. The van der Waals surface area contributed by atoms with Gasteiger partial charge in [0.25, 0.3) is 0 Å². The zero-order valence-electron chi connectivity index (χ0n) is 30.3. The van der Waals surface area contributed by atoms with Crippen LogP contribution in [-0.4, -0.2) is 0 Å². The van der Waals surface area contributed by atoms with Crippen molar-refractivity contribution in [2.24, 2.45) is 0 Å². The molecule has 0 aliphatic heterocycles. The van der Waals surface area contributed by atoms with Crippen LogP contribution in [-0.2, 0) is 0 Å². The van der Waals surface area contributed by atoms with Gasteiger partial charge in [-0.2, -0.15) is 0 Å². The fourth-order valence-corrected chi connectivity index (χ4v) is 5.96. The minimum atomic E-state index is -0.428. The quantitative estimate of drug-likeness (QED) is 0.205. The van der Waals surface area contributed by atoms with E-state index in [0.29, 0.717) is 16.3 Å². The lowest BCUT2D eigenvalue weighted by Gasteiger charge is -2.19. The molecule has 40 heavy (non-hydrogen) atoms. The van der Waals surface area contributed by atoms with Gasteiger partial charge in [-0.1, -0.05) is 151 Å². The molecule has 0 saturated heterocycles. The molecule has 8 aromatic rings. The van der Waals surface area contributed by atoms with Crippen molar-refractivity contribution in [1.82, 2.24) is 0 Å². The van der Waals surface area contributed by atoms with Crippen LogP contribution in [0.5, 0.6) is 0 Å². The molecule has 186 valence electrons. The van der Waals surface area contributed by atoms with Gasteiger partial charge < -0.3 is 0 Å². The zero-order valence-corrected chi connectivity index (χ0v) is 21.3. The lowest BCUT2D eigenvalue weighted by Crippen LogP contribution is -1.92. The van der Waals surface area contributed by atoms with Gasteiger partial charge in [-0.3, -0.25) is 0 Å². The summed E-state index contributed by atoms with van der Waals surface area (Å²) in [5.74, 6) is 0. The monoisotopic (exact) mass is 515 g/mol. The second-order valence-corrected chi connectivity index (χ2v) is 9.81. The normalized spacial score (nSPS) is 14.7. The summed E-state index contributed by atoms with van der Waals surface area (Å²) in [4.78, 5) is 0. The summed E-state index contributed by atoms with van der Waals surface area (Å²) in [6.45, 7) is 0. The highest BCUT2D eigenvalue weighted by atomic mass is 14.2. The van der Waals surface area contributed by atoms with E-state index in [9.17, 15) is 0 Å². The van der Waals surface area contributed by atoms with Crippen LogP contribution in [0.3, 0.4) is 0 Å². The van der Waals surface area contributed by atoms with Gasteiger partial charge in [0.1, 0.15) is 0 Å². The summed E-state index contributed by atoms with van der Waals surface area (Å²) in [6, 6.07) is 30.9. The molecule has 0 spiro atoms. The first-order chi connectivity index (χ1) is 23.6. The average molecular weight is 516 g/mol. The summed E-state index contributed by atoms with van der Waals surface area (Å²) >= 11 is 0. The Morgan fingerprint density at radius 2 is 0.875 bits per heavy atom. The van der Waals surface area contributed by atoms with Crippen molar-refractivity contribution >= 4 is 43.1 Å². The summed E-state index contributed by atoms with van der Waals surface area (Å²) in [5.41, 5.74) is 4.41. The molecule has 0 N–H and O–H groups in total. The Morgan fingerprint density at radius 3 is 1.55 bits per heavy atom. The zero-order chi connectivity index (χ0) is 34.3. The molecule has 0 heterocycles. The van der Waals surface area contributed by atoms with Gasteiger partial charge in [-0.05, 0) is 82.5 Å². The van der Waals surface area contributed by atoms with E-state index >= 15 is 0 Å². The van der Waals surface area contributed by atoms with E-state index in [0.717, 1.165) is 54.6 Å². The van der Waals surface area contributed by atoms with Gasteiger partial charge in [0, 0.05) is 0 Å². The van der Waals surface area contributed by atoms with Gasteiger partial charge >= 0.3 is 0 Å². The number of hydrogen-bond acceptors (Lipinski definition) is 0. The lowest BCUT2D eigenvalue weighted by molar-refractivity contribution is 1.65. The van der Waals surface area contributed by atoms with Crippen LogP contribution < -0.4 is 0 Å². The minimum absolute atomic E-state index is 0.0615. The Morgan fingerprint density at radius 1 is 0.350 bits per heavy atom. The van der Waals surface area contributed by atoms with Crippen molar-refractivity contribution in [2.45, 2.75) is 0 Å².